The van der Waals surface area contributed by atoms with Crippen molar-refractivity contribution in [3.63, 3.8) is 0 Å². The van der Waals surface area contributed by atoms with Gasteiger partial charge in [-0.05, 0) is 32.1 Å². The summed E-state index contributed by atoms with van der Waals surface area (Å²) < 4.78 is 20.2. The van der Waals surface area contributed by atoms with Gasteiger partial charge in [-0.15, -0.1) is 0 Å². The van der Waals surface area contributed by atoms with Gasteiger partial charge in [-0.2, -0.15) is 0 Å². The molecule has 0 aromatic rings. The molecule has 0 saturated carbocycles. The van der Waals surface area contributed by atoms with E-state index >= 15 is 0 Å². The number of halogens is 1. The summed E-state index contributed by atoms with van der Waals surface area (Å²) in [7, 11) is 0. The Balaban J connectivity index is 1.54. The van der Waals surface area contributed by atoms with Crippen LogP contribution in [0.3, 0.4) is 0 Å². The monoisotopic (exact) mass is 270 g/mol. The van der Waals surface area contributed by atoms with Gasteiger partial charge in [0.2, 0.25) is 0 Å². The number of hydrogen-bond donors (Lipinski definition) is 1. The number of nitrogens with zero attached hydrogens (tertiary/aromatic N) is 1. The lowest BCUT2D eigenvalue weighted by molar-refractivity contribution is -0.0491. The Labute approximate surface area is 115 Å². The number of fused-ring (bicyclic) bond motifs is 2. The molecule has 1 N–H and O–H groups in total. The van der Waals surface area contributed by atoms with Crippen LogP contribution in [0.4, 0.5) is 4.39 Å². The van der Waals surface area contributed by atoms with E-state index in [0.717, 1.165) is 25.8 Å². The predicted octanol–water partition coefficient (Wildman–Crippen LogP) is 2.11. The number of nitrogens with one attached hydrogen (secondary N) is 1. The Morgan fingerprint density at radius 3 is 2.42 bits per heavy atom. The first-order chi connectivity index (χ1) is 9.11. The fraction of sp³-hybridized carbons (Fsp3) is 1.00. The van der Waals surface area contributed by atoms with Crippen LogP contribution in [0.1, 0.15) is 46.0 Å². The van der Waals surface area contributed by atoms with Crippen molar-refractivity contribution in [3.8, 4) is 0 Å². The Bertz CT molecular complexity index is 301. The molecule has 4 atom stereocenters. The summed E-state index contributed by atoms with van der Waals surface area (Å²) in [5.74, 6) is 0. The molecule has 3 nitrogen and oxygen atoms in total. The highest BCUT2D eigenvalue weighted by Crippen LogP contribution is 2.35. The molecule has 3 fully saturated rings. The maximum absolute atomic E-state index is 14.3. The topological polar surface area (TPSA) is 24.5 Å². The van der Waals surface area contributed by atoms with E-state index < -0.39 is 6.17 Å². The molecule has 3 rings (SSSR count). The van der Waals surface area contributed by atoms with Crippen LogP contribution in [0.2, 0.25) is 0 Å². The largest absolute Gasteiger partial charge is 0.375 e. The van der Waals surface area contributed by atoms with Gasteiger partial charge in [0.1, 0.15) is 6.17 Å². The van der Waals surface area contributed by atoms with Gasteiger partial charge in [-0.25, -0.2) is 4.39 Å². The second kappa shape index (κ2) is 5.66. The number of ether oxygens (including phenoxy) is 1. The summed E-state index contributed by atoms with van der Waals surface area (Å²) in [6.07, 6.45) is 5.78. The quantitative estimate of drug-likeness (QED) is 0.850. The van der Waals surface area contributed by atoms with Crippen LogP contribution in [0.25, 0.3) is 0 Å². The van der Waals surface area contributed by atoms with E-state index in [1.54, 1.807) is 0 Å². The first-order valence-electron chi connectivity index (χ1n) is 7.91. The van der Waals surface area contributed by atoms with E-state index in [9.17, 15) is 4.39 Å². The van der Waals surface area contributed by atoms with Crippen molar-refractivity contribution in [2.24, 2.45) is 0 Å². The molecule has 0 radical (unpaired) electrons. The highest BCUT2D eigenvalue weighted by atomic mass is 19.1. The van der Waals surface area contributed by atoms with E-state index in [4.69, 9.17) is 4.74 Å². The normalized spacial score (nSPS) is 43.9. The van der Waals surface area contributed by atoms with Crippen molar-refractivity contribution in [1.82, 2.24) is 10.2 Å². The molecule has 3 heterocycles. The maximum atomic E-state index is 14.3. The molecule has 0 spiro atoms. The maximum Gasteiger partial charge on any atom is 0.128 e. The van der Waals surface area contributed by atoms with Crippen molar-refractivity contribution in [2.75, 3.05) is 13.1 Å². The summed E-state index contributed by atoms with van der Waals surface area (Å²) in [6, 6.07) is 0.978. The Kier molecular flexibility index (Phi) is 4.11. The molecule has 3 aliphatic rings. The average molecular weight is 270 g/mol. The van der Waals surface area contributed by atoms with E-state index in [-0.39, 0.29) is 6.04 Å². The average Bonchev–Trinajstić information content (AvgIpc) is 2.70. The van der Waals surface area contributed by atoms with Crippen molar-refractivity contribution in [3.05, 3.63) is 0 Å². The van der Waals surface area contributed by atoms with Gasteiger partial charge in [0.25, 0.3) is 0 Å². The second-order valence-electron chi connectivity index (χ2n) is 6.81. The van der Waals surface area contributed by atoms with Gasteiger partial charge >= 0.3 is 0 Å². The standard InChI is InChI=1S/C15H27FN2O/c1-10(2)17-15-5-6-18(9-14(15)16)11-7-12-3-4-13(8-11)19-12/h10-15,17H,3-9H2,1-2H3/t11?,12?,13?,14-,15+/m0/s1. The zero-order valence-electron chi connectivity index (χ0n) is 12.1. The van der Waals surface area contributed by atoms with Crippen molar-refractivity contribution < 1.29 is 9.13 Å². The first-order valence-corrected chi connectivity index (χ1v) is 7.91. The predicted molar refractivity (Wildman–Crippen MR) is 74.1 cm³/mol. The fourth-order valence-electron chi connectivity index (χ4n) is 4.00. The Hall–Kier alpha value is -0.190. The van der Waals surface area contributed by atoms with Crippen LogP contribution in [0.5, 0.6) is 0 Å². The van der Waals surface area contributed by atoms with Crippen LogP contribution in [0, 0.1) is 0 Å². The third-order valence-corrected chi connectivity index (χ3v) is 4.90. The number of alkyl halides is 1. The van der Waals surface area contributed by atoms with Crippen molar-refractivity contribution >= 4 is 0 Å². The third-order valence-electron chi connectivity index (χ3n) is 4.90. The molecule has 0 aromatic heterocycles. The van der Waals surface area contributed by atoms with E-state index in [0.29, 0.717) is 30.8 Å². The van der Waals surface area contributed by atoms with Gasteiger partial charge in [0.05, 0.1) is 12.2 Å². The molecular formula is C15H27FN2O. The zero-order chi connectivity index (χ0) is 13.4. The zero-order valence-corrected chi connectivity index (χ0v) is 12.1. The van der Waals surface area contributed by atoms with Crippen LogP contribution >= 0.6 is 0 Å². The lowest BCUT2D eigenvalue weighted by atomic mass is 9.96. The van der Waals surface area contributed by atoms with Gasteiger partial charge in [-0.1, -0.05) is 13.8 Å². The number of piperidine rings is 1. The van der Waals surface area contributed by atoms with Gasteiger partial charge in [0, 0.05) is 31.2 Å². The van der Waals surface area contributed by atoms with Gasteiger partial charge in [0.15, 0.2) is 0 Å². The van der Waals surface area contributed by atoms with Crippen LogP contribution in [-0.4, -0.2) is 54.5 Å². The van der Waals surface area contributed by atoms with E-state index in [1.165, 1.54) is 12.8 Å². The molecule has 2 unspecified atom stereocenters. The van der Waals surface area contributed by atoms with Crippen molar-refractivity contribution in [2.45, 2.75) is 82.5 Å². The molecule has 3 saturated heterocycles. The summed E-state index contributed by atoms with van der Waals surface area (Å²) in [5.41, 5.74) is 0. The van der Waals surface area contributed by atoms with Crippen LogP contribution in [-0.2, 0) is 4.74 Å². The number of hydrogen-bond acceptors (Lipinski definition) is 3. The summed E-state index contributed by atoms with van der Waals surface area (Å²) in [4.78, 5) is 2.39. The molecule has 0 amide bonds. The molecule has 2 bridgehead atoms. The van der Waals surface area contributed by atoms with E-state index in [1.807, 2.05) is 0 Å². The summed E-state index contributed by atoms with van der Waals surface area (Å²) in [5, 5.41) is 3.36. The Morgan fingerprint density at radius 2 is 1.84 bits per heavy atom. The molecular weight excluding hydrogens is 243 g/mol. The van der Waals surface area contributed by atoms with E-state index in [2.05, 4.69) is 24.1 Å². The van der Waals surface area contributed by atoms with Crippen molar-refractivity contribution in [1.29, 1.82) is 0 Å². The molecule has 0 aromatic carbocycles. The molecule has 3 aliphatic heterocycles. The lowest BCUT2D eigenvalue weighted by Gasteiger charge is -2.43. The number of rotatable bonds is 3. The van der Waals surface area contributed by atoms with Crippen LogP contribution in [0.15, 0.2) is 0 Å². The number of likely N-dealkylation sites (tertiary alicyclic amines) is 1. The first kappa shape index (κ1) is 13.8. The highest BCUT2D eigenvalue weighted by Gasteiger charge is 2.40. The summed E-state index contributed by atoms with van der Waals surface area (Å²) in [6.45, 7) is 5.83. The SMILES string of the molecule is CC(C)N[C@@H]1CCN(C2CC3CCC(C2)O3)C[C@@H]1F. The summed E-state index contributed by atoms with van der Waals surface area (Å²) >= 11 is 0. The molecule has 19 heavy (non-hydrogen) atoms. The Morgan fingerprint density at radius 1 is 1.16 bits per heavy atom. The smallest absolute Gasteiger partial charge is 0.128 e. The van der Waals surface area contributed by atoms with Crippen LogP contribution < -0.4 is 5.32 Å². The highest BCUT2D eigenvalue weighted by molar-refractivity contribution is 4.94. The minimum Gasteiger partial charge on any atom is -0.375 e. The minimum atomic E-state index is -0.725. The molecule has 4 heteroatoms. The fourth-order valence-corrected chi connectivity index (χ4v) is 4.00. The van der Waals surface area contributed by atoms with Gasteiger partial charge < -0.3 is 10.1 Å². The second-order valence-corrected chi connectivity index (χ2v) is 6.81. The lowest BCUT2D eigenvalue weighted by Crippen LogP contribution is -2.56. The minimum absolute atomic E-state index is 0.0489. The van der Waals surface area contributed by atoms with Gasteiger partial charge in [-0.3, -0.25) is 4.90 Å². The molecule has 110 valence electrons. The third kappa shape index (κ3) is 3.11. The molecule has 0 aliphatic carbocycles.